The van der Waals surface area contributed by atoms with Crippen molar-refractivity contribution >= 4 is 17.1 Å². The molecule has 2 rings (SSSR count). The molecule has 3 N–H and O–H groups in total. The van der Waals surface area contributed by atoms with Crippen molar-refractivity contribution in [3.8, 4) is 5.75 Å². The van der Waals surface area contributed by atoms with Gasteiger partial charge in [0.05, 0.1) is 12.8 Å². The average Bonchev–Trinajstić information content (AvgIpc) is 2.35. The van der Waals surface area contributed by atoms with E-state index in [9.17, 15) is 4.39 Å². The molecule has 0 fully saturated rings. The van der Waals surface area contributed by atoms with E-state index < -0.39 is 0 Å². The van der Waals surface area contributed by atoms with Gasteiger partial charge < -0.3 is 15.8 Å². The molecule has 0 aromatic heterocycles. The van der Waals surface area contributed by atoms with Crippen LogP contribution in [0.5, 0.6) is 5.75 Å². The van der Waals surface area contributed by atoms with Gasteiger partial charge in [0, 0.05) is 17.4 Å². The Labute approximate surface area is 105 Å². The summed E-state index contributed by atoms with van der Waals surface area (Å²) >= 11 is 0. The molecule has 0 radical (unpaired) electrons. The molecule has 0 aliphatic carbocycles. The summed E-state index contributed by atoms with van der Waals surface area (Å²) in [6.07, 6.45) is 0. The summed E-state index contributed by atoms with van der Waals surface area (Å²) in [5.41, 5.74) is 8.86. The highest BCUT2D eigenvalue weighted by atomic mass is 19.1. The number of nitrogens with two attached hydrogens (primary N) is 1. The number of anilines is 3. The third-order valence-electron chi connectivity index (χ3n) is 2.70. The van der Waals surface area contributed by atoms with Crippen molar-refractivity contribution in [2.24, 2.45) is 0 Å². The number of hydrogen-bond donors (Lipinski definition) is 2. The van der Waals surface area contributed by atoms with Crippen LogP contribution in [0.1, 0.15) is 5.56 Å². The molecule has 0 saturated heterocycles. The largest absolute Gasteiger partial charge is 0.495 e. The van der Waals surface area contributed by atoms with Crippen molar-refractivity contribution in [2.75, 3.05) is 18.2 Å². The minimum absolute atomic E-state index is 0.243. The topological polar surface area (TPSA) is 47.3 Å². The molecule has 0 spiro atoms. The number of aryl methyl sites for hydroxylation is 1. The lowest BCUT2D eigenvalue weighted by molar-refractivity contribution is 0.417. The van der Waals surface area contributed by atoms with Crippen molar-refractivity contribution in [1.29, 1.82) is 0 Å². The Balaban J connectivity index is 2.28. The summed E-state index contributed by atoms with van der Waals surface area (Å²) in [4.78, 5) is 0. The molecule has 0 saturated carbocycles. The third kappa shape index (κ3) is 2.53. The van der Waals surface area contributed by atoms with Gasteiger partial charge >= 0.3 is 0 Å². The highest BCUT2D eigenvalue weighted by molar-refractivity contribution is 5.68. The lowest BCUT2D eigenvalue weighted by Gasteiger charge is -2.12. The monoisotopic (exact) mass is 246 g/mol. The summed E-state index contributed by atoms with van der Waals surface area (Å²) < 4.78 is 18.1. The van der Waals surface area contributed by atoms with Crippen LogP contribution in [0.4, 0.5) is 21.5 Å². The van der Waals surface area contributed by atoms with Crippen molar-refractivity contribution in [2.45, 2.75) is 6.92 Å². The van der Waals surface area contributed by atoms with E-state index in [0.717, 1.165) is 16.9 Å². The number of rotatable bonds is 3. The van der Waals surface area contributed by atoms with Crippen molar-refractivity contribution in [1.82, 2.24) is 0 Å². The van der Waals surface area contributed by atoms with Crippen LogP contribution in [0.2, 0.25) is 0 Å². The number of halogens is 1. The first kappa shape index (κ1) is 12.2. The molecule has 94 valence electrons. The first-order chi connectivity index (χ1) is 8.60. The molecule has 0 atom stereocenters. The number of hydrogen-bond acceptors (Lipinski definition) is 3. The molecule has 0 bridgehead atoms. The van der Waals surface area contributed by atoms with Crippen LogP contribution in [0.25, 0.3) is 0 Å². The molecular formula is C14H15FN2O. The van der Waals surface area contributed by atoms with Gasteiger partial charge in [-0.15, -0.1) is 0 Å². The van der Waals surface area contributed by atoms with Crippen molar-refractivity contribution in [3.63, 3.8) is 0 Å². The number of benzene rings is 2. The smallest absolute Gasteiger partial charge is 0.143 e. The molecule has 0 amide bonds. The van der Waals surface area contributed by atoms with E-state index in [1.54, 1.807) is 25.3 Å². The Hall–Kier alpha value is -2.23. The fourth-order valence-corrected chi connectivity index (χ4v) is 1.71. The van der Waals surface area contributed by atoms with Crippen LogP contribution >= 0.6 is 0 Å². The maximum absolute atomic E-state index is 13.0. The highest BCUT2D eigenvalue weighted by Gasteiger charge is 2.03. The number of nitrogens with one attached hydrogen (secondary N) is 1. The minimum Gasteiger partial charge on any atom is -0.495 e. The van der Waals surface area contributed by atoms with Crippen LogP contribution in [0.15, 0.2) is 36.4 Å². The van der Waals surface area contributed by atoms with Gasteiger partial charge in [-0.05, 0) is 42.8 Å². The van der Waals surface area contributed by atoms with Gasteiger partial charge in [-0.3, -0.25) is 0 Å². The van der Waals surface area contributed by atoms with E-state index in [1.165, 1.54) is 12.1 Å². The predicted molar refractivity (Wildman–Crippen MR) is 71.8 cm³/mol. The van der Waals surface area contributed by atoms with Gasteiger partial charge in [0.25, 0.3) is 0 Å². The second kappa shape index (κ2) is 4.96. The maximum atomic E-state index is 13.0. The van der Waals surface area contributed by atoms with Gasteiger partial charge in [0.15, 0.2) is 0 Å². The predicted octanol–water partition coefficient (Wildman–Crippen LogP) is 3.47. The average molecular weight is 246 g/mol. The standard InChI is InChI=1S/C14H15FN2O/c1-9-7-10(15)3-6-13(9)17-11-4-5-12(16)14(8-11)18-2/h3-8,17H,16H2,1-2H3. The summed E-state index contributed by atoms with van der Waals surface area (Å²) in [6, 6.07) is 10.0. The van der Waals surface area contributed by atoms with E-state index in [0.29, 0.717) is 11.4 Å². The van der Waals surface area contributed by atoms with Gasteiger partial charge in [-0.1, -0.05) is 0 Å². The summed E-state index contributed by atoms with van der Waals surface area (Å²) in [7, 11) is 1.57. The summed E-state index contributed by atoms with van der Waals surface area (Å²) in [5.74, 6) is 0.368. The van der Waals surface area contributed by atoms with E-state index in [2.05, 4.69) is 5.32 Å². The highest BCUT2D eigenvalue weighted by Crippen LogP contribution is 2.28. The minimum atomic E-state index is -0.243. The van der Waals surface area contributed by atoms with E-state index in [1.807, 2.05) is 13.0 Å². The normalized spacial score (nSPS) is 10.2. The zero-order chi connectivity index (χ0) is 13.1. The van der Waals surface area contributed by atoms with Gasteiger partial charge in [0.1, 0.15) is 11.6 Å². The molecule has 0 aliphatic rings. The van der Waals surface area contributed by atoms with E-state index >= 15 is 0 Å². The molecule has 0 heterocycles. The Bertz CT molecular complexity index is 570. The number of nitrogen functional groups attached to an aromatic ring is 1. The lowest BCUT2D eigenvalue weighted by Crippen LogP contribution is -1.97. The summed E-state index contributed by atoms with van der Waals surface area (Å²) in [5, 5.41) is 3.20. The van der Waals surface area contributed by atoms with Crippen molar-refractivity contribution in [3.05, 3.63) is 47.8 Å². The van der Waals surface area contributed by atoms with Gasteiger partial charge in [0.2, 0.25) is 0 Å². The fourth-order valence-electron chi connectivity index (χ4n) is 1.71. The van der Waals surface area contributed by atoms with E-state index in [4.69, 9.17) is 10.5 Å². The first-order valence-corrected chi connectivity index (χ1v) is 5.57. The molecule has 4 heteroatoms. The van der Waals surface area contributed by atoms with Crippen molar-refractivity contribution < 1.29 is 9.13 Å². The summed E-state index contributed by atoms with van der Waals surface area (Å²) in [6.45, 7) is 1.85. The van der Waals surface area contributed by atoms with Gasteiger partial charge in [-0.25, -0.2) is 4.39 Å². The zero-order valence-electron chi connectivity index (χ0n) is 10.3. The van der Waals surface area contributed by atoms with E-state index in [-0.39, 0.29) is 5.82 Å². The molecule has 0 aliphatic heterocycles. The molecule has 2 aromatic carbocycles. The Kier molecular flexibility index (Phi) is 3.37. The molecular weight excluding hydrogens is 231 g/mol. The Morgan fingerprint density at radius 1 is 1.17 bits per heavy atom. The zero-order valence-corrected chi connectivity index (χ0v) is 10.3. The Morgan fingerprint density at radius 3 is 2.61 bits per heavy atom. The van der Waals surface area contributed by atoms with Crippen LogP contribution in [-0.2, 0) is 0 Å². The number of ether oxygens (including phenoxy) is 1. The SMILES string of the molecule is COc1cc(Nc2ccc(F)cc2C)ccc1N. The van der Waals surface area contributed by atoms with Crippen LogP contribution in [-0.4, -0.2) is 7.11 Å². The first-order valence-electron chi connectivity index (χ1n) is 5.57. The van der Waals surface area contributed by atoms with Gasteiger partial charge in [-0.2, -0.15) is 0 Å². The molecule has 3 nitrogen and oxygen atoms in total. The third-order valence-corrected chi connectivity index (χ3v) is 2.70. The number of methoxy groups -OCH3 is 1. The van der Waals surface area contributed by atoms with Crippen LogP contribution in [0.3, 0.4) is 0 Å². The second-order valence-corrected chi connectivity index (χ2v) is 4.04. The second-order valence-electron chi connectivity index (χ2n) is 4.04. The Morgan fingerprint density at radius 2 is 1.94 bits per heavy atom. The van der Waals surface area contributed by atoms with Crippen LogP contribution in [0, 0.1) is 12.7 Å². The molecule has 0 unspecified atom stereocenters. The quantitative estimate of drug-likeness (QED) is 0.815. The molecule has 18 heavy (non-hydrogen) atoms. The lowest BCUT2D eigenvalue weighted by atomic mass is 10.2. The van der Waals surface area contributed by atoms with Crippen LogP contribution < -0.4 is 15.8 Å². The maximum Gasteiger partial charge on any atom is 0.143 e. The molecule has 2 aromatic rings. The fraction of sp³-hybridized carbons (Fsp3) is 0.143.